The normalized spacial score (nSPS) is 14.5. The average molecular weight is 399 g/mol. The molecule has 0 unspecified atom stereocenters. The summed E-state index contributed by atoms with van der Waals surface area (Å²) in [6.45, 7) is 8.83. The number of imide groups is 1. The first-order valence-electron chi connectivity index (χ1n) is 9.49. The summed E-state index contributed by atoms with van der Waals surface area (Å²) < 4.78 is 5.55. The van der Waals surface area contributed by atoms with Crippen molar-refractivity contribution in [1.82, 2.24) is 4.90 Å². The molecule has 2 heterocycles. The number of aryl methyl sites for hydroxylation is 1. The van der Waals surface area contributed by atoms with Crippen molar-refractivity contribution in [3.05, 3.63) is 57.4 Å². The van der Waals surface area contributed by atoms with Gasteiger partial charge in [0, 0.05) is 23.7 Å². The van der Waals surface area contributed by atoms with Gasteiger partial charge in [0.2, 0.25) is 0 Å². The lowest BCUT2D eigenvalue weighted by molar-refractivity contribution is -0.137. The number of hydrogen-bond donors (Lipinski definition) is 1. The monoisotopic (exact) mass is 398 g/mol. The molecular formula is C22H26N2O3S. The number of nitrogens with zero attached hydrogens (tertiary/aromatic N) is 1. The number of hydrogen-bond acceptors (Lipinski definition) is 5. The summed E-state index contributed by atoms with van der Waals surface area (Å²) in [5, 5.41) is 5.16. The number of benzene rings is 1. The third-order valence-corrected chi connectivity index (χ3v) is 5.66. The number of anilines is 1. The Kier molecular flexibility index (Phi) is 6.31. The highest BCUT2D eigenvalue weighted by Crippen LogP contribution is 2.33. The second-order valence-corrected chi connectivity index (χ2v) is 8.08. The largest absolute Gasteiger partial charge is 0.379 e. The van der Waals surface area contributed by atoms with Gasteiger partial charge in [-0.3, -0.25) is 14.5 Å². The van der Waals surface area contributed by atoms with Crippen molar-refractivity contribution in [2.45, 2.75) is 40.2 Å². The van der Waals surface area contributed by atoms with E-state index in [1.807, 2.05) is 63.4 Å². The van der Waals surface area contributed by atoms with Crippen LogP contribution in [0.2, 0.25) is 0 Å². The van der Waals surface area contributed by atoms with Crippen molar-refractivity contribution in [2.75, 3.05) is 18.5 Å². The molecule has 1 aliphatic rings. The zero-order chi connectivity index (χ0) is 20.3. The van der Waals surface area contributed by atoms with Crippen molar-refractivity contribution in [3.63, 3.8) is 0 Å². The lowest BCUT2D eigenvalue weighted by Crippen LogP contribution is -2.34. The fourth-order valence-electron chi connectivity index (χ4n) is 3.11. The van der Waals surface area contributed by atoms with E-state index in [0.717, 1.165) is 21.7 Å². The Balaban J connectivity index is 1.88. The molecule has 6 heteroatoms. The minimum atomic E-state index is -0.279. The van der Waals surface area contributed by atoms with Crippen molar-refractivity contribution >= 4 is 34.4 Å². The van der Waals surface area contributed by atoms with Gasteiger partial charge in [0.1, 0.15) is 5.70 Å². The molecule has 1 aromatic heterocycles. The Morgan fingerprint density at radius 1 is 1.11 bits per heavy atom. The molecule has 0 saturated heterocycles. The molecule has 0 bridgehead atoms. The van der Waals surface area contributed by atoms with Crippen LogP contribution in [0.4, 0.5) is 5.69 Å². The van der Waals surface area contributed by atoms with E-state index < -0.39 is 0 Å². The van der Waals surface area contributed by atoms with E-state index in [1.54, 1.807) is 0 Å². The smallest absolute Gasteiger partial charge is 0.278 e. The molecule has 1 aliphatic heterocycles. The van der Waals surface area contributed by atoms with E-state index in [2.05, 4.69) is 5.32 Å². The van der Waals surface area contributed by atoms with Gasteiger partial charge in [-0.1, -0.05) is 18.2 Å². The number of nitrogens with one attached hydrogen (secondary N) is 1. The van der Waals surface area contributed by atoms with Gasteiger partial charge in [0.05, 0.1) is 11.7 Å². The molecule has 28 heavy (non-hydrogen) atoms. The molecule has 0 atom stereocenters. The van der Waals surface area contributed by atoms with Gasteiger partial charge >= 0.3 is 0 Å². The van der Waals surface area contributed by atoms with Gasteiger partial charge in [-0.25, -0.2) is 0 Å². The maximum atomic E-state index is 13.1. The van der Waals surface area contributed by atoms with Crippen LogP contribution in [0.1, 0.15) is 36.3 Å². The minimum Gasteiger partial charge on any atom is -0.379 e. The van der Waals surface area contributed by atoms with E-state index in [1.165, 1.54) is 16.2 Å². The molecule has 0 aliphatic carbocycles. The van der Waals surface area contributed by atoms with Crippen molar-refractivity contribution < 1.29 is 14.3 Å². The number of carbonyl (C=O) groups excluding carboxylic acids is 2. The third-order valence-electron chi connectivity index (χ3n) is 4.78. The summed E-state index contributed by atoms with van der Waals surface area (Å²) in [5.41, 5.74) is 3.83. The summed E-state index contributed by atoms with van der Waals surface area (Å²) in [5.74, 6) is -0.524. The Bertz CT molecular complexity index is 901. The average Bonchev–Trinajstić information content (AvgIpc) is 3.24. The van der Waals surface area contributed by atoms with Gasteiger partial charge in [0.25, 0.3) is 11.8 Å². The molecule has 1 N–H and O–H groups in total. The van der Waals surface area contributed by atoms with Crippen LogP contribution >= 0.6 is 11.3 Å². The van der Waals surface area contributed by atoms with E-state index >= 15 is 0 Å². The number of carbonyl (C=O) groups is 2. The maximum absolute atomic E-state index is 13.1. The van der Waals surface area contributed by atoms with Crippen LogP contribution in [-0.4, -0.2) is 36.0 Å². The molecule has 0 saturated carbocycles. The topological polar surface area (TPSA) is 58.6 Å². The van der Waals surface area contributed by atoms with E-state index in [4.69, 9.17) is 4.74 Å². The number of amides is 2. The van der Waals surface area contributed by atoms with Crippen LogP contribution in [0.3, 0.4) is 0 Å². The molecular weight excluding hydrogens is 372 g/mol. The Labute approximate surface area is 170 Å². The SMILES string of the molecule is Cc1cccc(NC2=C(c3cccs3)C(=O)N(CCCOC(C)C)C2=O)c1C. The Morgan fingerprint density at radius 2 is 1.89 bits per heavy atom. The summed E-state index contributed by atoms with van der Waals surface area (Å²) in [4.78, 5) is 28.3. The van der Waals surface area contributed by atoms with Crippen LogP contribution in [0.15, 0.2) is 41.4 Å². The van der Waals surface area contributed by atoms with Gasteiger partial charge in [-0.15, -0.1) is 11.3 Å². The Hall–Kier alpha value is -2.44. The van der Waals surface area contributed by atoms with Gasteiger partial charge in [-0.2, -0.15) is 0 Å². The first-order chi connectivity index (χ1) is 13.4. The maximum Gasteiger partial charge on any atom is 0.278 e. The second kappa shape index (κ2) is 8.71. The summed E-state index contributed by atoms with van der Waals surface area (Å²) in [7, 11) is 0. The summed E-state index contributed by atoms with van der Waals surface area (Å²) in [6, 6.07) is 9.66. The molecule has 5 nitrogen and oxygen atoms in total. The molecule has 148 valence electrons. The molecule has 0 radical (unpaired) electrons. The van der Waals surface area contributed by atoms with Crippen LogP contribution in [-0.2, 0) is 14.3 Å². The zero-order valence-electron chi connectivity index (χ0n) is 16.7. The molecule has 1 aromatic carbocycles. The molecule has 3 rings (SSSR count). The predicted octanol–water partition coefficient (Wildman–Crippen LogP) is 4.37. The quantitative estimate of drug-likeness (QED) is 0.530. The Morgan fingerprint density at radius 3 is 2.57 bits per heavy atom. The molecule has 2 aromatic rings. The van der Waals surface area contributed by atoms with Crippen LogP contribution in [0.5, 0.6) is 0 Å². The summed E-state index contributed by atoms with van der Waals surface area (Å²) in [6.07, 6.45) is 0.746. The fraction of sp³-hybridized carbons (Fsp3) is 0.364. The van der Waals surface area contributed by atoms with Gasteiger partial charge < -0.3 is 10.1 Å². The van der Waals surface area contributed by atoms with Crippen LogP contribution in [0, 0.1) is 13.8 Å². The van der Waals surface area contributed by atoms with Crippen LogP contribution in [0.25, 0.3) is 5.57 Å². The fourth-order valence-corrected chi connectivity index (χ4v) is 3.88. The zero-order valence-corrected chi connectivity index (χ0v) is 17.6. The highest BCUT2D eigenvalue weighted by atomic mass is 32.1. The molecule has 2 amide bonds. The first-order valence-corrected chi connectivity index (χ1v) is 10.4. The second-order valence-electron chi connectivity index (χ2n) is 7.13. The number of ether oxygens (including phenoxy) is 1. The molecule has 0 fully saturated rings. The number of rotatable bonds is 8. The predicted molar refractivity (Wildman–Crippen MR) is 113 cm³/mol. The van der Waals surface area contributed by atoms with Gasteiger partial charge in [-0.05, 0) is 62.8 Å². The van der Waals surface area contributed by atoms with E-state index in [-0.39, 0.29) is 17.9 Å². The number of thiophene rings is 1. The van der Waals surface area contributed by atoms with Crippen LogP contribution < -0.4 is 5.32 Å². The van der Waals surface area contributed by atoms with Gasteiger partial charge in [0.15, 0.2) is 0 Å². The van der Waals surface area contributed by atoms with Crippen molar-refractivity contribution in [3.8, 4) is 0 Å². The van der Waals surface area contributed by atoms with E-state index in [0.29, 0.717) is 30.8 Å². The minimum absolute atomic E-state index is 0.131. The first kappa shape index (κ1) is 20.3. The van der Waals surface area contributed by atoms with Crippen molar-refractivity contribution in [2.24, 2.45) is 0 Å². The highest BCUT2D eigenvalue weighted by molar-refractivity contribution is 7.11. The summed E-state index contributed by atoms with van der Waals surface area (Å²) >= 11 is 1.46. The standard InChI is InChI=1S/C22H26N2O3S/c1-14(2)27-12-7-11-24-21(25)19(18-10-6-13-28-18)20(22(24)26)23-17-9-5-8-15(3)16(17)4/h5-6,8-10,13-14,23H,7,11-12H2,1-4H3. The van der Waals surface area contributed by atoms with E-state index in [9.17, 15) is 9.59 Å². The third kappa shape index (κ3) is 4.18. The van der Waals surface area contributed by atoms with Crippen molar-refractivity contribution in [1.29, 1.82) is 0 Å². The molecule has 0 spiro atoms. The lowest BCUT2D eigenvalue weighted by Gasteiger charge is -2.16. The lowest BCUT2D eigenvalue weighted by atomic mass is 10.1. The highest BCUT2D eigenvalue weighted by Gasteiger charge is 2.39.